The average molecular weight is 340 g/mol. The van der Waals surface area contributed by atoms with Gasteiger partial charge in [-0.3, -0.25) is 5.43 Å². The molecule has 0 unspecified atom stereocenters. The van der Waals surface area contributed by atoms with Gasteiger partial charge < -0.3 is 10.1 Å². The molecule has 22 heavy (non-hydrogen) atoms. The van der Waals surface area contributed by atoms with Gasteiger partial charge in [-0.05, 0) is 41.5 Å². The molecule has 0 aliphatic carbocycles. The molecular formula is C13H11ClFN5OS. The Morgan fingerprint density at radius 1 is 1.50 bits per heavy atom. The van der Waals surface area contributed by atoms with Crippen LogP contribution in [0.25, 0.3) is 0 Å². The third kappa shape index (κ3) is 4.61. The minimum atomic E-state index is -0.704. The smallest absolute Gasteiger partial charge is 0.260 e. The lowest BCUT2D eigenvalue weighted by Crippen LogP contribution is -2.28. The summed E-state index contributed by atoms with van der Waals surface area (Å²) in [6.07, 6.45) is 2.48. The van der Waals surface area contributed by atoms with Gasteiger partial charge in [0.05, 0.1) is 12.4 Å². The van der Waals surface area contributed by atoms with Crippen molar-refractivity contribution >= 4 is 35.1 Å². The lowest BCUT2D eigenvalue weighted by Gasteiger charge is -2.06. The number of halogens is 2. The number of hydrogen-bond acceptors (Lipinski definition) is 5. The molecule has 0 fully saturated rings. The van der Waals surface area contributed by atoms with E-state index in [0.29, 0.717) is 10.9 Å². The third-order valence-corrected chi connectivity index (χ3v) is 2.84. The van der Waals surface area contributed by atoms with Crippen molar-refractivity contribution in [2.45, 2.75) is 0 Å². The van der Waals surface area contributed by atoms with Gasteiger partial charge in [0, 0.05) is 7.05 Å². The van der Waals surface area contributed by atoms with E-state index >= 15 is 0 Å². The van der Waals surface area contributed by atoms with Gasteiger partial charge in [0.25, 0.3) is 5.88 Å². The van der Waals surface area contributed by atoms with Crippen LogP contribution in [-0.2, 0) is 0 Å². The van der Waals surface area contributed by atoms with Crippen molar-refractivity contribution < 1.29 is 9.13 Å². The first-order chi connectivity index (χ1) is 10.6. The number of rotatable bonds is 4. The SMILES string of the molecule is CNC(=S)N/N=C/c1cccc(Oc2nc(Cl)ncc2F)c1. The number of thiocarbonyl (C=S) groups is 1. The molecule has 0 amide bonds. The number of ether oxygens (including phenoxy) is 1. The molecule has 0 spiro atoms. The molecule has 0 atom stereocenters. The van der Waals surface area contributed by atoms with Crippen molar-refractivity contribution in [1.29, 1.82) is 0 Å². The van der Waals surface area contributed by atoms with E-state index in [-0.39, 0.29) is 11.2 Å². The van der Waals surface area contributed by atoms with Crippen LogP contribution in [0.4, 0.5) is 4.39 Å². The van der Waals surface area contributed by atoms with Crippen molar-refractivity contribution in [3.05, 3.63) is 47.1 Å². The van der Waals surface area contributed by atoms with Crippen LogP contribution in [0.5, 0.6) is 11.6 Å². The summed E-state index contributed by atoms with van der Waals surface area (Å²) in [6.45, 7) is 0. The second kappa shape index (κ2) is 7.62. The minimum absolute atomic E-state index is 0.0982. The third-order valence-electron chi connectivity index (χ3n) is 2.36. The molecule has 0 aliphatic rings. The van der Waals surface area contributed by atoms with Crippen LogP contribution in [0.2, 0.25) is 5.28 Å². The first kappa shape index (κ1) is 16.1. The van der Waals surface area contributed by atoms with Gasteiger partial charge in [-0.2, -0.15) is 14.5 Å². The number of nitrogens with one attached hydrogen (secondary N) is 2. The monoisotopic (exact) mass is 339 g/mol. The first-order valence-electron chi connectivity index (χ1n) is 6.05. The molecular weight excluding hydrogens is 329 g/mol. The van der Waals surface area contributed by atoms with Crippen LogP contribution < -0.4 is 15.5 Å². The normalized spacial score (nSPS) is 10.5. The van der Waals surface area contributed by atoms with E-state index in [1.54, 1.807) is 37.5 Å². The van der Waals surface area contributed by atoms with Gasteiger partial charge in [0.2, 0.25) is 11.1 Å². The van der Waals surface area contributed by atoms with E-state index in [2.05, 4.69) is 25.8 Å². The Balaban J connectivity index is 2.11. The van der Waals surface area contributed by atoms with Gasteiger partial charge in [0.15, 0.2) is 5.11 Å². The fraction of sp³-hybridized carbons (Fsp3) is 0.0769. The number of nitrogens with zero attached hydrogens (tertiary/aromatic N) is 3. The number of hydrazone groups is 1. The van der Waals surface area contributed by atoms with Crippen LogP contribution in [-0.4, -0.2) is 28.3 Å². The van der Waals surface area contributed by atoms with E-state index < -0.39 is 5.82 Å². The van der Waals surface area contributed by atoms with Crippen molar-refractivity contribution in [3.63, 3.8) is 0 Å². The van der Waals surface area contributed by atoms with Crippen LogP contribution in [0, 0.1) is 5.82 Å². The summed E-state index contributed by atoms with van der Waals surface area (Å²) in [7, 11) is 1.68. The van der Waals surface area contributed by atoms with Crippen LogP contribution in [0.1, 0.15) is 5.56 Å². The van der Waals surface area contributed by atoms with Gasteiger partial charge in [-0.15, -0.1) is 0 Å². The van der Waals surface area contributed by atoms with Crippen molar-refractivity contribution in [2.75, 3.05) is 7.05 Å². The zero-order chi connectivity index (χ0) is 15.9. The molecule has 6 nitrogen and oxygen atoms in total. The molecule has 9 heteroatoms. The quantitative estimate of drug-likeness (QED) is 0.386. The van der Waals surface area contributed by atoms with Gasteiger partial charge in [0.1, 0.15) is 5.75 Å². The standard InChI is InChI=1S/C13H11ClFN5OS/c1-16-13(22)20-18-6-8-3-2-4-9(5-8)21-11-10(15)7-17-12(14)19-11/h2-7H,1H3,(H2,16,20,22)/b18-6+. The van der Waals surface area contributed by atoms with Gasteiger partial charge in [-0.25, -0.2) is 4.98 Å². The number of hydrogen-bond donors (Lipinski definition) is 2. The summed E-state index contributed by atoms with van der Waals surface area (Å²) in [4.78, 5) is 7.20. The maximum Gasteiger partial charge on any atom is 0.260 e. The van der Waals surface area contributed by atoms with E-state index in [4.69, 9.17) is 28.6 Å². The molecule has 2 rings (SSSR count). The average Bonchev–Trinajstić information content (AvgIpc) is 2.51. The highest BCUT2D eigenvalue weighted by atomic mass is 35.5. The highest BCUT2D eigenvalue weighted by Crippen LogP contribution is 2.23. The maximum absolute atomic E-state index is 13.5. The zero-order valence-corrected chi connectivity index (χ0v) is 13.0. The largest absolute Gasteiger partial charge is 0.436 e. The molecule has 2 aromatic rings. The Bertz CT molecular complexity index is 713. The summed E-state index contributed by atoms with van der Waals surface area (Å²) in [5.41, 5.74) is 3.34. The lowest BCUT2D eigenvalue weighted by atomic mass is 10.2. The Morgan fingerprint density at radius 3 is 3.09 bits per heavy atom. The van der Waals surface area contributed by atoms with Crippen molar-refractivity contribution in [3.8, 4) is 11.6 Å². The van der Waals surface area contributed by atoms with E-state index in [9.17, 15) is 4.39 Å². The predicted molar refractivity (Wildman–Crippen MR) is 85.9 cm³/mol. The summed E-state index contributed by atoms with van der Waals surface area (Å²) in [5.74, 6) is -0.568. The van der Waals surface area contributed by atoms with Gasteiger partial charge >= 0.3 is 0 Å². The maximum atomic E-state index is 13.5. The Labute approximate surface area is 136 Å². The summed E-state index contributed by atoms with van der Waals surface area (Å²) >= 11 is 10.5. The topological polar surface area (TPSA) is 71.4 Å². The molecule has 0 radical (unpaired) electrons. The second-order valence-electron chi connectivity index (χ2n) is 3.92. The molecule has 1 heterocycles. The van der Waals surface area contributed by atoms with E-state index in [1.807, 2.05) is 0 Å². The highest BCUT2D eigenvalue weighted by molar-refractivity contribution is 7.80. The molecule has 0 saturated heterocycles. The van der Waals surface area contributed by atoms with E-state index in [1.165, 1.54) is 0 Å². The highest BCUT2D eigenvalue weighted by Gasteiger charge is 2.08. The molecule has 0 saturated carbocycles. The summed E-state index contributed by atoms with van der Waals surface area (Å²) in [6, 6.07) is 6.83. The lowest BCUT2D eigenvalue weighted by molar-refractivity contribution is 0.420. The molecule has 0 aliphatic heterocycles. The van der Waals surface area contributed by atoms with Crippen LogP contribution >= 0.6 is 23.8 Å². The Kier molecular flexibility index (Phi) is 5.56. The number of benzene rings is 1. The molecule has 2 N–H and O–H groups in total. The first-order valence-corrected chi connectivity index (χ1v) is 6.84. The van der Waals surface area contributed by atoms with Crippen LogP contribution in [0.3, 0.4) is 0 Å². The van der Waals surface area contributed by atoms with Gasteiger partial charge in [-0.1, -0.05) is 12.1 Å². The molecule has 114 valence electrons. The number of aromatic nitrogens is 2. The van der Waals surface area contributed by atoms with Crippen molar-refractivity contribution in [1.82, 2.24) is 20.7 Å². The Hall–Kier alpha value is -2.32. The molecule has 1 aromatic carbocycles. The summed E-state index contributed by atoms with van der Waals surface area (Å²) < 4.78 is 18.9. The zero-order valence-electron chi connectivity index (χ0n) is 11.4. The van der Waals surface area contributed by atoms with Crippen molar-refractivity contribution in [2.24, 2.45) is 5.10 Å². The minimum Gasteiger partial charge on any atom is -0.436 e. The second-order valence-corrected chi connectivity index (χ2v) is 4.66. The van der Waals surface area contributed by atoms with E-state index in [0.717, 1.165) is 11.8 Å². The molecule has 1 aromatic heterocycles. The fourth-order valence-corrected chi connectivity index (χ4v) is 1.57. The summed E-state index contributed by atoms with van der Waals surface area (Å²) in [5, 5.41) is 6.95. The Morgan fingerprint density at radius 2 is 2.32 bits per heavy atom. The fourth-order valence-electron chi connectivity index (χ4n) is 1.39. The predicted octanol–water partition coefficient (Wildman–Crippen LogP) is 2.49. The molecule has 0 bridgehead atoms. The van der Waals surface area contributed by atoms with Crippen LogP contribution in [0.15, 0.2) is 35.6 Å².